The van der Waals surface area contributed by atoms with E-state index >= 15 is 0 Å². The second kappa shape index (κ2) is 6.01. The van der Waals surface area contributed by atoms with Crippen molar-refractivity contribution in [1.29, 1.82) is 0 Å². The van der Waals surface area contributed by atoms with Gasteiger partial charge in [-0.2, -0.15) is 0 Å². The highest BCUT2D eigenvalue weighted by Gasteiger charge is 2.17. The first-order chi connectivity index (χ1) is 7.87. The topological polar surface area (TPSA) is 34.1 Å². The maximum absolute atomic E-state index is 11.3. The lowest BCUT2D eigenvalue weighted by Crippen LogP contribution is -2.10. The largest absolute Gasteiger partial charge is 0.229 e. The van der Waals surface area contributed by atoms with Gasteiger partial charge in [0.25, 0.3) is 0 Å². The Morgan fingerprint density at radius 2 is 1.88 bits per heavy atom. The van der Waals surface area contributed by atoms with Gasteiger partial charge in [-0.25, -0.2) is 8.42 Å². The zero-order chi connectivity index (χ0) is 13.1. The predicted molar refractivity (Wildman–Crippen MR) is 76.6 cm³/mol. The van der Waals surface area contributed by atoms with Crippen LogP contribution in [-0.4, -0.2) is 20.4 Å². The number of hydrogen-bond acceptors (Lipinski definition) is 2. The van der Waals surface area contributed by atoms with E-state index in [0.29, 0.717) is 0 Å². The fraction of sp³-hybridized carbons (Fsp3) is 0.538. The van der Waals surface area contributed by atoms with Crippen LogP contribution in [0.4, 0.5) is 0 Å². The second-order valence-corrected chi connectivity index (χ2v) is 7.59. The molecule has 0 bridgehead atoms. The quantitative estimate of drug-likeness (QED) is 0.781. The van der Waals surface area contributed by atoms with E-state index in [-0.39, 0.29) is 10.6 Å². The summed E-state index contributed by atoms with van der Waals surface area (Å²) >= 11 is 3.50. The van der Waals surface area contributed by atoms with Gasteiger partial charge in [-0.05, 0) is 29.5 Å². The Bertz CT molecular complexity index is 480. The monoisotopic (exact) mass is 318 g/mol. The molecule has 4 heteroatoms. The molecule has 0 heterocycles. The van der Waals surface area contributed by atoms with Crippen molar-refractivity contribution in [3.8, 4) is 0 Å². The number of sulfone groups is 1. The first kappa shape index (κ1) is 14.7. The number of hydrogen-bond donors (Lipinski definition) is 0. The SMILES string of the molecule is CCc1ccc(CC)c(C(Br)CS(C)(=O)=O)c1. The van der Waals surface area contributed by atoms with Crippen LogP contribution < -0.4 is 0 Å². The van der Waals surface area contributed by atoms with E-state index < -0.39 is 9.84 Å². The molecule has 0 amide bonds. The fourth-order valence-electron chi connectivity index (χ4n) is 1.83. The Hall–Kier alpha value is -0.350. The molecule has 17 heavy (non-hydrogen) atoms. The summed E-state index contributed by atoms with van der Waals surface area (Å²) in [5.41, 5.74) is 3.57. The number of alkyl halides is 1. The summed E-state index contributed by atoms with van der Waals surface area (Å²) in [5, 5.41) is 0. The molecule has 0 aliphatic rings. The van der Waals surface area contributed by atoms with Crippen LogP contribution in [0.15, 0.2) is 18.2 Å². The van der Waals surface area contributed by atoms with Crippen LogP contribution in [0.5, 0.6) is 0 Å². The van der Waals surface area contributed by atoms with Gasteiger partial charge in [0.15, 0.2) is 0 Å². The van der Waals surface area contributed by atoms with Gasteiger partial charge in [-0.1, -0.05) is 48.0 Å². The minimum absolute atomic E-state index is 0.112. The molecule has 0 aliphatic carbocycles. The maximum Gasteiger partial charge on any atom is 0.148 e. The number of benzene rings is 1. The Kier molecular flexibility index (Phi) is 5.20. The lowest BCUT2D eigenvalue weighted by molar-refractivity contribution is 0.601. The molecule has 1 aromatic carbocycles. The van der Waals surface area contributed by atoms with Gasteiger partial charge in [0.05, 0.1) is 10.6 Å². The Morgan fingerprint density at radius 1 is 1.24 bits per heavy atom. The Morgan fingerprint density at radius 3 is 2.35 bits per heavy atom. The van der Waals surface area contributed by atoms with Crippen LogP contribution in [0.2, 0.25) is 0 Å². The van der Waals surface area contributed by atoms with E-state index in [1.807, 2.05) is 0 Å². The van der Waals surface area contributed by atoms with Crippen LogP contribution >= 0.6 is 15.9 Å². The molecule has 1 aromatic rings. The molecule has 0 radical (unpaired) electrons. The summed E-state index contributed by atoms with van der Waals surface area (Å²) in [6.45, 7) is 4.19. The molecule has 0 saturated heterocycles. The van der Waals surface area contributed by atoms with Crippen molar-refractivity contribution in [3.63, 3.8) is 0 Å². The minimum atomic E-state index is -2.96. The standard InChI is InChI=1S/C13H19BrO2S/c1-4-10-6-7-11(5-2)12(8-10)13(14)9-17(3,15)16/h6-8,13H,4-5,9H2,1-3H3. The van der Waals surface area contributed by atoms with E-state index in [1.165, 1.54) is 17.4 Å². The van der Waals surface area contributed by atoms with E-state index in [9.17, 15) is 8.42 Å². The van der Waals surface area contributed by atoms with Gasteiger partial charge >= 0.3 is 0 Å². The van der Waals surface area contributed by atoms with Gasteiger partial charge in [0, 0.05) is 6.26 Å². The summed E-state index contributed by atoms with van der Waals surface area (Å²) in [6.07, 6.45) is 3.16. The zero-order valence-electron chi connectivity index (χ0n) is 10.5. The van der Waals surface area contributed by atoms with Gasteiger partial charge in [-0.3, -0.25) is 0 Å². The molecule has 0 aromatic heterocycles. The van der Waals surface area contributed by atoms with E-state index in [0.717, 1.165) is 18.4 Å². The molecule has 96 valence electrons. The molecule has 0 N–H and O–H groups in total. The molecular weight excluding hydrogens is 300 g/mol. The van der Waals surface area contributed by atoms with Crippen molar-refractivity contribution in [3.05, 3.63) is 34.9 Å². The number of aryl methyl sites for hydroxylation is 2. The first-order valence-corrected chi connectivity index (χ1v) is 8.78. The molecule has 0 aliphatic heterocycles. The highest BCUT2D eigenvalue weighted by molar-refractivity contribution is 9.09. The molecule has 1 atom stereocenters. The third-order valence-corrected chi connectivity index (χ3v) is 4.97. The van der Waals surface area contributed by atoms with E-state index in [2.05, 4.69) is 48.0 Å². The summed E-state index contributed by atoms with van der Waals surface area (Å²) in [7, 11) is -2.96. The summed E-state index contributed by atoms with van der Waals surface area (Å²) in [4.78, 5) is -0.112. The summed E-state index contributed by atoms with van der Waals surface area (Å²) < 4.78 is 22.7. The van der Waals surface area contributed by atoms with Gasteiger partial charge < -0.3 is 0 Å². The average molecular weight is 319 g/mol. The van der Waals surface area contributed by atoms with Gasteiger partial charge in [-0.15, -0.1) is 0 Å². The molecule has 0 spiro atoms. The average Bonchev–Trinajstić information content (AvgIpc) is 2.25. The Labute approximate surface area is 112 Å². The smallest absolute Gasteiger partial charge is 0.148 e. The Balaban J connectivity index is 3.09. The van der Waals surface area contributed by atoms with Crippen molar-refractivity contribution in [2.24, 2.45) is 0 Å². The summed E-state index contributed by atoms with van der Waals surface area (Å²) in [5.74, 6) is 0.146. The molecule has 1 unspecified atom stereocenters. The van der Waals surface area contributed by atoms with Crippen molar-refractivity contribution in [2.45, 2.75) is 31.5 Å². The zero-order valence-corrected chi connectivity index (χ0v) is 12.9. The lowest BCUT2D eigenvalue weighted by Gasteiger charge is -2.15. The third-order valence-electron chi connectivity index (χ3n) is 2.79. The highest BCUT2D eigenvalue weighted by atomic mass is 79.9. The predicted octanol–water partition coefficient (Wildman–Crippen LogP) is 3.29. The summed E-state index contributed by atoms with van der Waals surface area (Å²) in [6, 6.07) is 6.33. The molecule has 1 rings (SSSR count). The van der Waals surface area contributed by atoms with Crippen molar-refractivity contribution < 1.29 is 8.42 Å². The number of halogens is 1. The van der Waals surface area contributed by atoms with E-state index in [1.54, 1.807) is 0 Å². The second-order valence-electron chi connectivity index (χ2n) is 4.30. The van der Waals surface area contributed by atoms with Gasteiger partial charge in [0.2, 0.25) is 0 Å². The molecular formula is C13H19BrO2S. The van der Waals surface area contributed by atoms with Crippen LogP contribution in [0, 0.1) is 0 Å². The van der Waals surface area contributed by atoms with Gasteiger partial charge in [0.1, 0.15) is 9.84 Å². The van der Waals surface area contributed by atoms with Crippen LogP contribution in [0.3, 0.4) is 0 Å². The van der Waals surface area contributed by atoms with Crippen molar-refractivity contribution >= 4 is 25.8 Å². The van der Waals surface area contributed by atoms with Crippen LogP contribution in [0.1, 0.15) is 35.4 Å². The third kappa shape index (κ3) is 4.43. The maximum atomic E-state index is 11.3. The number of rotatable bonds is 5. The van der Waals surface area contributed by atoms with E-state index in [4.69, 9.17) is 0 Å². The highest BCUT2D eigenvalue weighted by Crippen LogP contribution is 2.29. The van der Waals surface area contributed by atoms with Crippen molar-refractivity contribution in [1.82, 2.24) is 0 Å². The normalized spacial score (nSPS) is 13.6. The minimum Gasteiger partial charge on any atom is -0.229 e. The molecule has 0 fully saturated rings. The molecule has 2 nitrogen and oxygen atoms in total. The van der Waals surface area contributed by atoms with Crippen molar-refractivity contribution in [2.75, 3.05) is 12.0 Å². The lowest BCUT2D eigenvalue weighted by atomic mass is 9.99. The fourth-order valence-corrected chi connectivity index (χ4v) is 4.41. The van der Waals surface area contributed by atoms with Crippen LogP contribution in [-0.2, 0) is 22.7 Å². The van der Waals surface area contributed by atoms with Crippen LogP contribution in [0.25, 0.3) is 0 Å². The molecule has 0 saturated carbocycles. The first-order valence-electron chi connectivity index (χ1n) is 5.80.